The highest BCUT2D eigenvalue weighted by atomic mass is 16.5. The first-order valence-corrected chi connectivity index (χ1v) is 7.45. The van der Waals surface area contributed by atoms with Gasteiger partial charge < -0.3 is 14.4 Å². The van der Waals surface area contributed by atoms with Gasteiger partial charge in [-0.3, -0.25) is 4.90 Å². The Hall–Kier alpha value is -1.92. The number of aryl methyl sites for hydroxylation is 1. The number of aliphatic hydroxyl groups is 1. The van der Waals surface area contributed by atoms with Crippen molar-refractivity contribution in [2.45, 2.75) is 26.0 Å². The van der Waals surface area contributed by atoms with Gasteiger partial charge >= 0.3 is 0 Å². The van der Waals surface area contributed by atoms with Crippen LogP contribution in [0.3, 0.4) is 0 Å². The number of pyridine rings is 1. The van der Waals surface area contributed by atoms with Gasteiger partial charge in [0.05, 0.1) is 18.9 Å². The first-order valence-electron chi connectivity index (χ1n) is 7.45. The Bertz CT molecular complexity index is 611. The molecule has 3 rings (SSSR count). The molecule has 0 radical (unpaired) electrons. The molecule has 0 bridgehead atoms. The van der Waals surface area contributed by atoms with Gasteiger partial charge in [-0.1, -0.05) is 11.2 Å². The van der Waals surface area contributed by atoms with E-state index < -0.39 is 0 Å². The number of likely N-dealkylation sites (tertiary alicyclic amines) is 1. The molecule has 1 fully saturated rings. The number of aromatic nitrogens is 2. The number of β-amino-alcohol motifs (C(OH)–C–C–N with tert-alkyl or cyclic N) is 1. The van der Waals surface area contributed by atoms with Crippen molar-refractivity contribution in [2.75, 3.05) is 20.2 Å². The van der Waals surface area contributed by atoms with Crippen LogP contribution < -0.4 is 4.74 Å². The third kappa shape index (κ3) is 3.45. The van der Waals surface area contributed by atoms with Crippen LogP contribution in [0.4, 0.5) is 0 Å². The monoisotopic (exact) mass is 303 g/mol. The molecule has 0 amide bonds. The Kier molecular flexibility index (Phi) is 4.40. The number of hydrogen-bond donors (Lipinski definition) is 1. The largest absolute Gasteiger partial charge is 0.481 e. The van der Waals surface area contributed by atoms with Crippen molar-refractivity contribution in [3.8, 4) is 5.88 Å². The van der Waals surface area contributed by atoms with Crippen LogP contribution >= 0.6 is 0 Å². The van der Waals surface area contributed by atoms with Crippen molar-refractivity contribution < 1.29 is 14.4 Å². The van der Waals surface area contributed by atoms with Gasteiger partial charge in [-0.25, -0.2) is 4.98 Å². The Morgan fingerprint density at radius 3 is 2.91 bits per heavy atom. The second-order valence-corrected chi connectivity index (χ2v) is 5.87. The summed E-state index contributed by atoms with van der Waals surface area (Å²) in [6.07, 6.45) is 2.20. The molecule has 2 aromatic heterocycles. The third-order valence-corrected chi connectivity index (χ3v) is 4.04. The Balaban J connectivity index is 1.57. The number of rotatable bonds is 5. The fourth-order valence-corrected chi connectivity index (χ4v) is 2.93. The van der Waals surface area contributed by atoms with Crippen LogP contribution in [0.5, 0.6) is 5.88 Å². The highest BCUT2D eigenvalue weighted by molar-refractivity contribution is 5.18. The first kappa shape index (κ1) is 15.0. The lowest BCUT2D eigenvalue weighted by molar-refractivity contribution is 0.137. The summed E-state index contributed by atoms with van der Waals surface area (Å²) in [7, 11) is 1.61. The normalized spacial score (nSPS) is 22.1. The molecule has 118 valence electrons. The summed E-state index contributed by atoms with van der Waals surface area (Å²) >= 11 is 0. The van der Waals surface area contributed by atoms with Crippen molar-refractivity contribution >= 4 is 0 Å². The van der Waals surface area contributed by atoms with Gasteiger partial charge in [-0.05, 0) is 12.5 Å². The van der Waals surface area contributed by atoms with E-state index in [9.17, 15) is 5.11 Å². The number of aliphatic hydroxyl groups excluding tert-OH is 1. The maximum Gasteiger partial charge on any atom is 0.212 e. The lowest BCUT2D eigenvalue weighted by Gasteiger charge is -2.15. The number of nitrogens with zero attached hydrogens (tertiary/aromatic N) is 3. The predicted octanol–water partition coefficient (Wildman–Crippen LogP) is 1.42. The van der Waals surface area contributed by atoms with E-state index in [1.54, 1.807) is 7.11 Å². The topological polar surface area (TPSA) is 71.6 Å². The van der Waals surface area contributed by atoms with E-state index in [-0.39, 0.29) is 12.0 Å². The van der Waals surface area contributed by atoms with Crippen molar-refractivity contribution in [1.82, 2.24) is 15.0 Å². The SMILES string of the molecule is COc1ccc(CN2C[C@@H](Cc3cc(C)no3)[C@@H](O)C2)cn1. The molecular formula is C16H21N3O3. The van der Waals surface area contributed by atoms with Crippen LogP contribution in [-0.2, 0) is 13.0 Å². The molecule has 6 nitrogen and oxygen atoms in total. The molecule has 3 heterocycles. The second-order valence-electron chi connectivity index (χ2n) is 5.87. The molecule has 2 atom stereocenters. The van der Waals surface area contributed by atoms with Gasteiger partial charge in [-0.2, -0.15) is 0 Å². The zero-order valence-corrected chi connectivity index (χ0v) is 12.9. The maximum absolute atomic E-state index is 10.2. The lowest BCUT2D eigenvalue weighted by atomic mass is 10.0. The number of hydrogen-bond acceptors (Lipinski definition) is 6. The molecule has 0 aromatic carbocycles. The average Bonchev–Trinajstić information content (AvgIpc) is 3.06. The van der Waals surface area contributed by atoms with Crippen LogP contribution in [-0.4, -0.2) is 46.5 Å². The van der Waals surface area contributed by atoms with E-state index in [0.717, 1.165) is 36.5 Å². The molecule has 1 N–H and O–H groups in total. The minimum absolute atomic E-state index is 0.179. The highest BCUT2D eigenvalue weighted by Crippen LogP contribution is 2.23. The smallest absolute Gasteiger partial charge is 0.212 e. The minimum Gasteiger partial charge on any atom is -0.481 e. The number of methoxy groups -OCH3 is 1. The van der Waals surface area contributed by atoms with Crippen molar-refractivity contribution in [3.05, 3.63) is 41.4 Å². The van der Waals surface area contributed by atoms with Gasteiger partial charge in [0.1, 0.15) is 5.76 Å². The molecule has 0 aliphatic carbocycles. The third-order valence-electron chi connectivity index (χ3n) is 4.04. The van der Waals surface area contributed by atoms with Crippen molar-refractivity contribution in [2.24, 2.45) is 5.92 Å². The highest BCUT2D eigenvalue weighted by Gasteiger charge is 2.32. The fourth-order valence-electron chi connectivity index (χ4n) is 2.93. The molecule has 2 aromatic rings. The first-order chi connectivity index (χ1) is 10.6. The average molecular weight is 303 g/mol. The van der Waals surface area contributed by atoms with E-state index in [1.165, 1.54) is 0 Å². The van der Waals surface area contributed by atoms with E-state index in [4.69, 9.17) is 9.26 Å². The summed E-state index contributed by atoms with van der Waals surface area (Å²) in [6, 6.07) is 5.80. The van der Waals surface area contributed by atoms with E-state index in [2.05, 4.69) is 15.0 Å². The maximum atomic E-state index is 10.2. The second kappa shape index (κ2) is 6.46. The van der Waals surface area contributed by atoms with Crippen LogP contribution in [0.1, 0.15) is 17.0 Å². The van der Waals surface area contributed by atoms with Crippen LogP contribution in [0.2, 0.25) is 0 Å². The summed E-state index contributed by atoms with van der Waals surface area (Å²) in [4.78, 5) is 6.45. The summed E-state index contributed by atoms with van der Waals surface area (Å²) in [5.74, 6) is 1.64. The number of ether oxygens (including phenoxy) is 1. The Labute approximate surface area is 129 Å². The molecule has 0 saturated carbocycles. The standard InChI is InChI=1S/C16H21N3O3/c1-11-5-14(22-18-11)6-13-9-19(10-15(13)20)8-12-3-4-16(21-2)17-7-12/h3-5,7,13,15,20H,6,8-10H2,1-2H3/t13-,15+/m1/s1. The summed E-state index contributed by atoms with van der Waals surface area (Å²) in [5, 5.41) is 14.1. The summed E-state index contributed by atoms with van der Waals surface area (Å²) < 4.78 is 10.3. The molecule has 6 heteroatoms. The molecule has 1 saturated heterocycles. The fraction of sp³-hybridized carbons (Fsp3) is 0.500. The van der Waals surface area contributed by atoms with Gasteiger partial charge in [0, 0.05) is 50.3 Å². The zero-order chi connectivity index (χ0) is 15.5. The van der Waals surface area contributed by atoms with Gasteiger partial charge in [0.2, 0.25) is 5.88 Å². The summed E-state index contributed by atoms with van der Waals surface area (Å²) in [5.41, 5.74) is 1.99. The van der Waals surface area contributed by atoms with E-state index in [0.29, 0.717) is 12.4 Å². The summed E-state index contributed by atoms with van der Waals surface area (Å²) in [6.45, 7) is 4.19. The zero-order valence-electron chi connectivity index (χ0n) is 12.9. The molecular weight excluding hydrogens is 282 g/mol. The van der Waals surface area contributed by atoms with Crippen LogP contribution in [0, 0.1) is 12.8 Å². The molecule has 22 heavy (non-hydrogen) atoms. The van der Waals surface area contributed by atoms with Gasteiger partial charge in [-0.15, -0.1) is 0 Å². The Morgan fingerprint density at radius 1 is 1.41 bits per heavy atom. The van der Waals surface area contributed by atoms with Gasteiger partial charge in [0.15, 0.2) is 0 Å². The molecule has 0 spiro atoms. The van der Waals surface area contributed by atoms with E-state index >= 15 is 0 Å². The minimum atomic E-state index is -0.336. The lowest BCUT2D eigenvalue weighted by Crippen LogP contribution is -2.21. The molecule has 0 unspecified atom stereocenters. The van der Waals surface area contributed by atoms with Crippen molar-refractivity contribution in [3.63, 3.8) is 0 Å². The van der Waals surface area contributed by atoms with Crippen LogP contribution in [0.15, 0.2) is 28.9 Å². The quantitative estimate of drug-likeness (QED) is 0.901. The van der Waals surface area contributed by atoms with Crippen LogP contribution in [0.25, 0.3) is 0 Å². The molecule has 1 aliphatic rings. The van der Waals surface area contributed by atoms with Gasteiger partial charge in [0.25, 0.3) is 0 Å². The van der Waals surface area contributed by atoms with Crippen molar-refractivity contribution in [1.29, 1.82) is 0 Å². The predicted molar refractivity (Wildman–Crippen MR) is 80.5 cm³/mol. The molecule has 1 aliphatic heterocycles. The van der Waals surface area contributed by atoms with E-state index in [1.807, 2.05) is 31.3 Å². The Morgan fingerprint density at radius 2 is 2.27 bits per heavy atom.